The molecule has 0 aromatic heterocycles. The Hall–Kier alpha value is -1.30. The average Bonchev–Trinajstić information content (AvgIpc) is 2.52. The lowest BCUT2D eigenvalue weighted by Crippen LogP contribution is -2.52. The highest BCUT2D eigenvalue weighted by Crippen LogP contribution is 2.23. The Bertz CT molecular complexity index is 367. The van der Waals surface area contributed by atoms with Gasteiger partial charge < -0.3 is 19.6 Å². The number of hydrogen-bond acceptors (Lipinski definition) is 3. The Kier molecular flexibility index (Phi) is 5.85. The molecule has 2 aliphatic rings. The number of aliphatic carboxylic acids is 1. The second-order valence-corrected chi connectivity index (χ2v) is 5.92. The van der Waals surface area contributed by atoms with Crippen LogP contribution in [0.25, 0.3) is 0 Å². The van der Waals surface area contributed by atoms with Crippen LogP contribution in [0.5, 0.6) is 0 Å². The van der Waals surface area contributed by atoms with Crippen molar-refractivity contribution in [1.82, 2.24) is 9.80 Å². The molecule has 1 unspecified atom stereocenters. The van der Waals surface area contributed by atoms with Crippen LogP contribution < -0.4 is 0 Å². The summed E-state index contributed by atoms with van der Waals surface area (Å²) in [5.41, 5.74) is 0. The fraction of sp³-hybridized carbons (Fsp3) is 0.867. The van der Waals surface area contributed by atoms with Gasteiger partial charge in [0.15, 0.2) is 0 Å². The third kappa shape index (κ3) is 4.33. The molecule has 1 N–H and O–H groups in total. The van der Waals surface area contributed by atoms with Gasteiger partial charge in [0.2, 0.25) is 0 Å². The molecule has 0 aromatic rings. The highest BCUT2D eigenvalue weighted by atomic mass is 16.5. The van der Waals surface area contributed by atoms with E-state index < -0.39 is 5.97 Å². The molecule has 120 valence electrons. The number of carbonyl (C=O) groups is 2. The first-order valence-electron chi connectivity index (χ1n) is 8.00. The van der Waals surface area contributed by atoms with Crippen LogP contribution >= 0.6 is 0 Å². The van der Waals surface area contributed by atoms with Gasteiger partial charge in [0.25, 0.3) is 0 Å². The van der Waals surface area contributed by atoms with E-state index in [1.54, 1.807) is 0 Å². The van der Waals surface area contributed by atoms with Crippen molar-refractivity contribution in [1.29, 1.82) is 0 Å². The number of amides is 2. The van der Waals surface area contributed by atoms with E-state index in [-0.39, 0.29) is 18.7 Å². The Morgan fingerprint density at radius 1 is 1.14 bits per heavy atom. The molecule has 0 saturated carbocycles. The standard InChI is InChI=1S/C15H26N2O4/c1-2-12-5-3-4-8-17(12)15(20)16-9-6-13(7-10-16)21-11-14(18)19/h12-13H,2-11H2,1H3,(H,18,19). The normalized spacial score (nSPS) is 24.1. The minimum absolute atomic E-state index is 0.0338. The van der Waals surface area contributed by atoms with Crippen molar-refractivity contribution in [3.05, 3.63) is 0 Å². The second kappa shape index (κ2) is 7.64. The van der Waals surface area contributed by atoms with Crippen LogP contribution in [0.3, 0.4) is 0 Å². The summed E-state index contributed by atoms with van der Waals surface area (Å²) in [5.74, 6) is -0.937. The molecule has 2 rings (SSSR count). The van der Waals surface area contributed by atoms with Crippen molar-refractivity contribution in [3.63, 3.8) is 0 Å². The molecule has 0 radical (unpaired) electrons. The predicted octanol–water partition coefficient (Wildman–Crippen LogP) is 1.94. The number of urea groups is 1. The Labute approximate surface area is 126 Å². The molecule has 2 amide bonds. The summed E-state index contributed by atoms with van der Waals surface area (Å²) in [6, 6.07) is 0.533. The van der Waals surface area contributed by atoms with Gasteiger partial charge in [-0.15, -0.1) is 0 Å². The number of rotatable bonds is 4. The molecule has 2 heterocycles. The van der Waals surface area contributed by atoms with Gasteiger partial charge in [-0.05, 0) is 38.5 Å². The van der Waals surface area contributed by atoms with Crippen molar-refractivity contribution in [2.45, 2.75) is 57.6 Å². The molecule has 0 spiro atoms. The fourth-order valence-electron chi connectivity index (χ4n) is 3.26. The molecule has 6 heteroatoms. The van der Waals surface area contributed by atoms with E-state index in [0.717, 1.165) is 38.6 Å². The van der Waals surface area contributed by atoms with E-state index in [2.05, 4.69) is 6.92 Å². The fourth-order valence-corrected chi connectivity index (χ4v) is 3.26. The Morgan fingerprint density at radius 2 is 1.86 bits per heavy atom. The van der Waals surface area contributed by atoms with Crippen molar-refractivity contribution in [3.8, 4) is 0 Å². The highest BCUT2D eigenvalue weighted by Gasteiger charge is 2.31. The molecular weight excluding hydrogens is 272 g/mol. The third-order valence-corrected chi connectivity index (χ3v) is 4.50. The zero-order chi connectivity index (χ0) is 15.2. The molecule has 21 heavy (non-hydrogen) atoms. The predicted molar refractivity (Wildman–Crippen MR) is 78.2 cm³/mol. The molecule has 0 aliphatic carbocycles. The number of carboxylic acid groups (broad SMARTS) is 1. The summed E-state index contributed by atoms with van der Waals surface area (Å²) in [4.78, 5) is 27.0. The SMILES string of the molecule is CCC1CCCCN1C(=O)N1CCC(OCC(=O)O)CC1. The lowest BCUT2D eigenvalue weighted by atomic mass is 10.00. The van der Waals surface area contributed by atoms with Gasteiger partial charge in [-0.25, -0.2) is 9.59 Å². The summed E-state index contributed by atoms with van der Waals surface area (Å²) < 4.78 is 5.31. The van der Waals surface area contributed by atoms with Gasteiger partial charge in [-0.2, -0.15) is 0 Å². The summed E-state index contributed by atoms with van der Waals surface area (Å²) in [7, 11) is 0. The van der Waals surface area contributed by atoms with E-state index in [9.17, 15) is 9.59 Å². The lowest BCUT2D eigenvalue weighted by Gasteiger charge is -2.40. The monoisotopic (exact) mass is 298 g/mol. The number of carboxylic acids is 1. The molecule has 6 nitrogen and oxygen atoms in total. The van der Waals surface area contributed by atoms with E-state index in [0.29, 0.717) is 19.1 Å². The van der Waals surface area contributed by atoms with Crippen LogP contribution in [0.1, 0.15) is 45.4 Å². The van der Waals surface area contributed by atoms with Gasteiger partial charge >= 0.3 is 12.0 Å². The van der Waals surface area contributed by atoms with Crippen molar-refractivity contribution in [2.24, 2.45) is 0 Å². The smallest absolute Gasteiger partial charge is 0.329 e. The molecule has 0 aromatic carbocycles. The van der Waals surface area contributed by atoms with Crippen LogP contribution in [-0.2, 0) is 9.53 Å². The Balaban J connectivity index is 1.80. The number of carbonyl (C=O) groups excluding carboxylic acids is 1. The quantitative estimate of drug-likeness (QED) is 0.861. The Morgan fingerprint density at radius 3 is 2.48 bits per heavy atom. The molecule has 2 aliphatic heterocycles. The zero-order valence-corrected chi connectivity index (χ0v) is 12.8. The van der Waals surface area contributed by atoms with Crippen molar-refractivity contribution >= 4 is 12.0 Å². The summed E-state index contributed by atoms with van der Waals surface area (Å²) in [6.07, 6.45) is 5.86. The van der Waals surface area contributed by atoms with Gasteiger partial charge in [0.05, 0.1) is 6.10 Å². The number of likely N-dealkylation sites (tertiary alicyclic amines) is 2. The number of hydrogen-bond donors (Lipinski definition) is 1. The van der Waals surface area contributed by atoms with E-state index in [1.165, 1.54) is 6.42 Å². The van der Waals surface area contributed by atoms with Crippen LogP contribution in [0.4, 0.5) is 4.79 Å². The number of piperidine rings is 2. The van der Waals surface area contributed by atoms with E-state index in [4.69, 9.17) is 9.84 Å². The van der Waals surface area contributed by atoms with E-state index in [1.807, 2.05) is 9.80 Å². The first kappa shape index (κ1) is 16.1. The maximum Gasteiger partial charge on any atom is 0.329 e. The van der Waals surface area contributed by atoms with Gasteiger partial charge in [0, 0.05) is 25.7 Å². The third-order valence-electron chi connectivity index (χ3n) is 4.50. The maximum atomic E-state index is 12.6. The van der Waals surface area contributed by atoms with Crippen LogP contribution in [0.2, 0.25) is 0 Å². The molecule has 2 fully saturated rings. The minimum Gasteiger partial charge on any atom is -0.480 e. The lowest BCUT2D eigenvalue weighted by molar-refractivity contribution is -0.145. The van der Waals surface area contributed by atoms with Crippen molar-refractivity contribution in [2.75, 3.05) is 26.2 Å². The van der Waals surface area contributed by atoms with Crippen LogP contribution in [-0.4, -0.2) is 65.3 Å². The summed E-state index contributed by atoms with van der Waals surface area (Å²) in [6.45, 7) is 4.09. The highest BCUT2D eigenvalue weighted by molar-refractivity contribution is 5.75. The zero-order valence-electron chi connectivity index (χ0n) is 12.8. The topological polar surface area (TPSA) is 70.1 Å². The van der Waals surface area contributed by atoms with Crippen LogP contribution in [0.15, 0.2) is 0 Å². The largest absolute Gasteiger partial charge is 0.480 e. The number of nitrogens with zero attached hydrogens (tertiary/aromatic N) is 2. The molecule has 0 bridgehead atoms. The van der Waals surface area contributed by atoms with Gasteiger partial charge in [-0.1, -0.05) is 6.92 Å². The number of ether oxygens (including phenoxy) is 1. The minimum atomic E-state index is -0.937. The molecule has 2 saturated heterocycles. The van der Waals surface area contributed by atoms with Crippen molar-refractivity contribution < 1.29 is 19.4 Å². The van der Waals surface area contributed by atoms with E-state index >= 15 is 0 Å². The maximum absolute atomic E-state index is 12.6. The molecular formula is C15H26N2O4. The average molecular weight is 298 g/mol. The summed E-state index contributed by atoms with van der Waals surface area (Å²) >= 11 is 0. The summed E-state index contributed by atoms with van der Waals surface area (Å²) in [5, 5.41) is 8.61. The second-order valence-electron chi connectivity index (χ2n) is 5.92. The molecule has 1 atom stereocenters. The first-order valence-corrected chi connectivity index (χ1v) is 8.00. The first-order chi connectivity index (χ1) is 10.1. The van der Waals surface area contributed by atoms with Gasteiger partial charge in [0.1, 0.15) is 6.61 Å². The van der Waals surface area contributed by atoms with Crippen LogP contribution in [0, 0.1) is 0 Å². The van der Waals surface area contributed by atoms with Gasteiger partial charge in [-0.3, -0.25) is 0 Å².